The Labute approximate surface area is 201 Å². The Kier molecular flexibility index (Phi) is 4.95. The molecule has 0 aliphatic heterocycles. The van der Waals surface area contributed by atoms with Crippen molar-refractivity contribution in [2.45, 2.75) is 71.8 Å². The summed E-state index contributed by atoms with van der Waals surface area (Å²) in [6.07, 6.45) is 12.6. The number of ether oxygens (including phenoxy) is 1. The summed E-state index contributed by atoms with van der Waals surface area (Å²) in [7, 11) is 0. The van der Waals surface area contributed by atoms with Gasteiger partial charge in [-0.1, -0.05) is 44.2 Å². The Morgan fingerprint density at radius 1 is 1.09 bits per heavy atom. The van der Waals surface area contributed by atoms with Crippen molar-refractivity contribution in [2.24, 2.45) is 28.6 Å². The van der Waals surface area contributed by atoms with Gasteiger partial charge in [-0.15, -0.1) is 0 Å². The third kappa shape index (κ3) is 3.17. The summed E-state index contributed by atoms with van der Waals surface area (Å²) in [5.74, 6) is 1.81. The first kappa shape index (κ1) is 21.9. The van der Waals surface area contributed by atoms with Gasteiger partial charge in [-0.3, -0.25) is 4.79 Å². The summed E-state index contributed by atoms with van der Waals surface area (Å²) >= 11 is 0. The van der Waals surface area contributed by atoms with Crippen molar-refractivity contribution >= 4 is 22.5 Å². The third-order valence-electron chi connectivity index (χ3n) is 9.99. The molecule has 2 fully saturated rings. The quantitative estimate of drug-likeness (QED) is 0.372. The predicted octanol–water partition coefficient (Wildman–Crippen LogP) is 6.68. The van der Waals surface area contributed by atoms with Crippen LogP contribution in [0.25, 0.3) is 16.5 Å². The maximum atomic E-state index is 12.3. The molecule has 0 amide bonds. The number of para-hydroxylation sites is 1. The lowest BCUT2D eigenvalue weighted by Gasteiger charge is -2.56. The molecule has 6 atom stereocenters. The average molecular weight is 459 g/mol. The lowest BCUT2D eigenvalue weighted by Crippen LogP contribution is -2.50. The van der Waals surface area contributed by atoms with Gasteiger partial charge in [0.15, 0.2) is 0 Å². The Morgan fingerprint density at radius 2 is 1.91 bits per heavy atom. The first-order valence-corrected chi connectivity index (χ1v) is 12.9. The van der Waals surface area contributed by atoms with E-state index in [0.717, 1.165) is 43.1 Å². The lowest BCUT2D eigenvalue weighted by molar-refractivity contribution is -0.156. The fraction of sp³-hybridized carbons (Fsp3) is 0.533. The predicted molar refractivity (Wildman–Crippen MR) is 133 cm³/mol. The minimum atomic E-state index is -0.282. The van der Waals surface area contributed by atoms with E-state index in [1.807, 2.05) is 18.2 Å². The molecule has 4 aliphatic carbocycles. The molecule has 4 nitrogen and oxygen atoms in total. The van der Waals surface area contributed by atoms with Crippen LogP contribution in [0.15, 0.2) is 57.3 Å². The highest BCUT2D eigenvalue weighted by Gasteiger charge is 2.59. The largest absolute Gasteiger partial charge is 0.462 e. The van der Waals surface area contributed by atoms with Gasteiger partial charge in [0.05, 0.1) is 0 Å². The van der Waals surface area contributed by atoms with E-state index in [1.165, 1.54) is 24.0 Å². The van der Waals surface area contributed by atoms with Crippen LogP contribution in [0.5, 0.6) is 0 Å². The highest BCUT2D eigenvalue weighted by Crippen LogP contribution is 2.65. The van der Waals surface area contributed by atoms with Crippen molar-refractivity contribution in [2.75, 3.05) is 0 Å². The van der Waals surface area contributed by atoms with Crippen LogP contribution in [-0.2, 0) is 9.53 Å². The number of benzene rings is 1. The Bertz CT molecular complexity index is 1280. The van der Waals surface area contributed by atoms with Crippen LogP contribution < -0.4 is 5.63 Å². The van der Waals surface area contributed by atoms with Crippen LogP contribution in [-0.4, -0.2) is 12.1 Å². The Morgan fingerprint density at radius 3 is 2.74 bits per heavy atom. The molecule has 2 saturated carbocycles. The SMILES string of the molecule is CC(=O)O[C@H]1CC[C@H]2[C@@H]3CC=C4C=C(c5cc(=O)oc6ccccc56)CC[C@]4(C)[C@H]3CC[C@]12C. The molecule has 34 heavy (non-hydrogen) atoms. The number of hydrogen-bond acceptors (Lipinski definition) is 4. The summed E-state index contributed by atoms with van der Waals surface area (Å²) in [6, 6.07) is 9.52. The van der Waals surface area contributed by atoms with Gasteiger partial charge < -0.3 is 9.15 Å². The molecular weight excluding hydrogens is 424 g/mol. The molecule has 0 unspecified atom stereocenters. The minimum absolute atomic E-state index is 0.0741. The van der Waals surface area contributed by atoms with Crippen LogP contribution >= 0.6 is 0 Å². The number of carbonyl (C=O) groups excluding carboxylic acids is 1. The number of allylic oxidation sites excluding steroid dienone is 4. The van der Waals surface area contributed by atoms with E-state index in [0.29, 0.717) is 23.3 Å². The molecule has 0 spiro atoms. The van der Waals surface area contributed by atoms with Crippen molar-refractivity contribution in [3.8, 4) is 0 Å². The molecule has 0 radical (unpaired) electrons. The van der Waals surface area contributed by atoms with E-state index in [-0.39, 0.29) is 28.5 Å². The number of fused-ring (bicyclic) bond motifs is 6. The van der Waals surface area contributed by atoms with Gasteiger partial charge in [-0.25, -0.2) is 4.79 Å². The van der Waals surface area contributed by atoms with Crippen molar-refractivity contribution < 1.29 is 13.9 Å². The number of carbonyl (C=O) groups is 1. The van der Waals surface area contributed by atoms with Crippen molar-refractivity contribution in [3.05, 3.63) is 64.0 Å². The Balaban J connectivity index is 1.35. The standard InChI is InChI=1S/C30H34O4/c1-18(31)33-27-11-10-24-22-9-8-20-16-19(12-14-29(20,2)25(22)13-15-30(24,27)3)23-17-28(32)34-26-7-5-4-6-21(23)26/h4-8,16-17,22,24-25,27H,9-15H2,1-3H3/t22-,24-,25-,27-,29-,30-/m0/s1. The molecular formula is C30H34O4. The van der Waals surface area contributed by atoms with Crippen molar-refractivity contribution in [3.63, 3.8) is 0 Å². The molecule has 4 heteroatoms. The van der Waals surface area contributed by atoms with Gasteiger partial charge in [0.2, 0.25) is 0 Å². The second kappa shape index (κ2) is 7.69. The zero-order valence-electron chi connectivity index (χ0n) is 20.4. The van der Waals surface area contributed by atoms with E-state index < -0.39 is 0 Å². The molecule has 0 bridgehead atoms. The zero-order chi connectivity index (χ0) is 23.7. The molecule has 1 aromatic heterocycles. The van der Waals surface area contributed by atoms with Crippen LogP contribution in [0.4, 0.5) is 0 Å². The number of esters is 1. The van der Waals surface area contributed by atoms with E-state index >= 15 is 0 Å². The fourth-order valence-electron chi connectivity index (χ4n) is 8.26. The van der Waals surface area contributed by atoms with Gasteiger partial charge in [0.25, 0.3) is 0 Å². The van der Waals surface area contributed by atoms with Gasteiger partial charge in [-0.2, -0.15) is 0 Å². The second-order valence-electron chi connectivity index (χ2n) is 11.6. The van der Waals surface area contributed by atoms with Gasteiger partial charge in [-0.05, 0) is 90.9 Å². The minimum Gasteiger partial charge on any atom is -0.462 e. The topological polar surface area (TPSA) is 56.5 Å². The average Bonchev–Trinajstić information content (AvgIpc) is 3.13. The molecule has 2 aromatic rings. The maximum absolute atomic E-state index is 12.3. The molecule has 1 aromatic carbocycles. The van der Waals surface area contributed by atoms with Crippen LogP contribution in [0.3, 0.4) is 0 Å². The van der Waals surface area contributed by atoms with E-state index in [9.17, 15) is 9.59 Å². The van der Waals surface area contributed by atoms with Crippen molar-refractivity contribution in [1.29, 1.82) is 0 Å². The molecule has 178 valence electrons. The molecule has 0 N–H and O–H groups in total. The van der Waals surface area contributed by atoms with Crippen LogP contribution in [0.1, 0.15) is 71.3 Å². The van der Waals surface area contributed by atoms with E-state index in [4.69, 9.17) is 9.15 Å². The normalized spacial score (nSPS) is 36.7. The first-order chi connectivity index (χ1) is 16.3. The van der Waals surface area contributed by atoms with Gasteiger partial charge in [0, 0.05) is 23.8 Å². The van der Waals surface area contributed by atoms with Gasteiger partial charge >= 0.3 is 11.6 Å². The zero-order valence-corrected chi connectivity index (χ0v) is 20.4. The second-order valence-corrected chi connectivity index (χ2v) is 11.6. The summed E-state index contributed by atoms with van der Waals surface area (Å²) in [6.45, 7) is 6.40. The van der Waals surface area contributed by atoms with Gasteiger partial charge in [0.1, 0.15) is 11.7 Å². The highest BCUT2D eigenvalue weighted by atomic mass is 16.5. The molecule has 0 saturated heterocycles. The maximum Gasteiger partial charge on any atom is 0.336 e. The summed E-state index contributed by atoms with van der Waals surface area (Å²) in [4.78, 5) is 24.0. The van der Waals surface area contributed by atoms with E-state index in [2.05, 4.69) is 32.1 Å². The fourth-order valence-corrected chi connectivity index (χ4v) is 8.26. The molecule has 1 heterocycles. The monoisotopic (exact) mass is 458 g/mol. The Hall–Kier alpha value is -2.62. The van der Waals surface area contributed by atoms with Crippen molar-refractivity contribution in [1.82, 2.24) is 0 Å². The molecule has 6 rings (SSSR count). The van der Waals surface area contributed by atoms with Crippen LogP contribution in [0.2, 0.25) is 0 Å². The summed E-state index contributed by atoms with van der Waals surface area (Å²) in [5, 5.41) is 1.02. The lowest BCUT2D eigenvalue weighted by atomic mass is 9.48. The summed E-state index contributed by atoms with van der Waals surface area (Å²) < 4.78 is 11.2. The smallest absolute Gasteiger partial charge is 0.336 e. The number of hydrogen-bond donors (Lipinski definition) is 0. The molecule has 4 aliphatic rings. The van der Waals surface area contributed by atoms with Crippen LogP contribution in [0, 0.1) is 28.6 Å². The van der Waals surface area contributed by atoms with E-state index in [1.54, 1.807) is 13.0 Å². The number of rotatable bonds is 2. The first-order valence-electron chi connectivity index (χ1n) is 12.9. The third-order valence-corrected chi connectivity index (χ3v) is 9.99. The summed E-state index contributed by atoms with van der Waals surface area (Å²) in [5.41, 5.74) is 4.38. The highest BCUT2D eigenvalue weighted by molar-refractivity contribution is 5.91.